The molecule has 18 heavy (non-hydrogen) atoms. The summed E-state index contributed by atoms with van der Waals surface area (Å²) in [5, 5.41) is 6.08. The van der Waals surface area contributed by atoms with Crippen LogP contribution in [0.3, 0.4) is 0 Å². The lowest BCUT2D eigenvalue weighted by Gasteiger charge is -2.07. The Morgan fingerprint density at radius 1 is 0.944 bits per heavy atom. The second-order valence-electron chi connectivity index (χ2n) is 4.10. The highest BCUT2D eigenvalue weighted by Crippen LogP contribution is 2.16. The Kier molecular flexibility index (Phi) is 3.97. The van der Waals surface area contributed by atoms with Crippen LogP contribution in [-0.4, -0.2) is 5.91 Å². The number of carbonyl (C=O) groups excluding carboxylic acids is 1. The van der Waals surface area contributed by atoms with Gasteiger partial charge in [0.1, 0.15) is 0 Å². The highest BCUT2D eigenvalue weighted by atomic mass is 16.1. The van der Waals surface area contributed by atoms with Crippen LogP contribution in [0.25, 0.3) is 0 Å². The fraction of sp³-hybridized carbons (Fsp3) is 0.133. The van der Waals surface area contributed by atoms with E-state index in [4.69, 9.17) is 0 Å². The maximum absolute atomic E-state index is 10.8. The molecule has 3 nitrogen and oxygen atoms in total. The van der Waals surface area contributed by atoms with Crippen molar-refractivity contribution < 1.29 is 4.79 Å². The summed E-state index contributed by atoms with van der Waals surface area (Å²) in [5.74, 6) is -0.0125. The van der Waals surface area contributed by atoms with Gasteiger partial charge in [0.25, 0.3) is 0 Å². The van der Waals surface area contributed by atoms with Crippen LogP contribution in [0.1, 0.15) is 12.5 Å². The summed E-state index contributed by atoms with van der Waals surface area (Å²) in [7, 11) is 0. The molecule has 0 aliphatic rings. The number of hydrogen-bond acceptors (Lipinski definition) is 2. The van der Waals surface area contributed by atoms with Gasteiger partial charge >= 0.3 is 0 Å². The Balaban J connectivity index is 1.97. The van der Waals surface area contributed by atoms with Crippen LogP contribution in [0.2, 0.25) is 0 Å². The predicted molar refractivity (Wildman–Crippen MR) is 73.7 cm³/mol. The summed E-state index contributed by atoms with van der Waals surface area (Å²) in [6, 6.07) is 18.0. The van der Waals surface area contributed by atoms with Gasteiger partial charge in [-0.2, -0.15) is 0 Å². The van der Waals surface area contributed by atoms with Crippen molar-refractivity contribution in [1.29, 1.82) is 0 Å². The first-order valence-corrected chi connectivity index (χ1v) is 5.89. The molecule has 1 amide bonds. The summed E-state index contributed by atoms with van der Waals surface area (Å²) in [4.78, 5) is 10.8. The van der Waals surface area contributed by atoms with E-state index in [1.165, 1.54) is 6.92 Å². The van der Waals surface area contributed by atoms with Gasteiger partial charge < -0.3 is 10.6 Å². The maximum atomic E-state index is 10.8. The molecular weight excluding hydrogens is 224 g/mol. The lowest BCUT2D eigenvalue weighted by atomic mass is 10.2. The largest absolute Gasteiger partial charge is 0.356 e. The molecule has 0 fully saturated rings. The van der Waals surface area contributed by atoms with Crippen LogP contribution in [-0.2, 0) is 11.3 Å². The van der Waals surface area contributed by atoms with E-state index in [1.807, 2.05) is 54.6 Å². The van der Waals surface area contributed by atoms with Gasteiger partial charge in [0.2, 0.25) is 5.91 Å². The minimum atomic E-state index is -0.0125. The lowest BCUT2D eigenvalue weighted by molar-refractivity contribution is -0.119. The molecule has 0 atom stereocenters. The number of amides is 1. The zero-order chi connectivity index (χ0) is 12.8. The Morgan fingerprint density at radius 2 is 1.56 bits per heavy atom. The zero-order valence-corrected chi connectivity index (χ0v) is 10.3. The molecule has 0 unspecified atom stereocenters. The molecule has 0 radical (unpaired) electrons. The topological polar surface area (TPSA) is 41.1 Å². The van der Waals surface area contributed by atoms with E-state index in [9.17, 15) is 4.79 Å². The molecule has 0 aliphatic heterocycles. The van der Waals surface area contributed by atoms with E-state index >= 15 is 0 Å². The van der Waals surface area contributed by atoms with Gasteiger partial charge in [-0.3, -0.25) is 4.79 Å². The standard InChI is InChI=1S/C15H16N2O/c1-12(18)16-11-13-7-9-15(10-8-13)17-14-5-3-2-4-6-14/h2-10,17H,11H2,1H3,(H,16,18). The van der Waals surface area contributed by atoms with Crippen molar-refractivity contribution in [3.8, 4) is 0 Å². The average molecular weight is 240 g/mol. The molecule has 2 N–H and O–H groups in total. The third-order valence-corrected chi connectivity index (χ3v) is 2.56. The van der Waals surface area contributed by atoms with E-state index in [-0.39, 0.29) is 5.91 Å². The van der Waals surface area contributed by atoms with Gasteiger partial charge in [0.05, 0.1) is 0 Å². The third-order valence-electron chi connectivity index (χ3n) is 2.56. The van der Waals surface area contributed by atoms with Crippen LogP contribution in [0.5, 0.6) is 0 Å². The Labute approximate surface area is 107 Å². The molecule has 92 valence electrons. The molecule has 0 saturated carbocycles. The smallest absolute Gasteiger partial charge is 0.217 e. The SMILES string of the molecule is CC(=O)NCc1ccc(Nc2ccccc2)cc1. The predicted octanol–water partition coefficient (Wildman–Crippen LogP) is 3.07. The van der Waals surface area contributed by atoms with Crippen molar-refractivity contribution in [1.82, 2.24) is 5.32 Å². The highest BCUT2D eigenvalue weighted by Gasteiger charge is 1.96. The Morgan fingerprint density at radius 3 is 2.17 bits per heavy atom. The monoisotopic (exact) mass is 240 g/mol. The van der Waals surface area contributed by atoms with E-state index in [0.29, 0.717) is 6.54 Å². The van der Waals surface area contributed by atoms with E-state index in [1.54, 1.807) is 0 Å². The van der Waals surface area contributed by atoms with Gasteiger partial charge in [-0.15, -0.1) is 0 Å². The zero-order valence-electron chi connectivity index (χ0n) is 10.3. The fourth-order valence-electron chi connectivity index (χ4n) is 1.62. The number of anilines is 2. The summed E-state index contributed by atoms with van der Waals surface area (Å²) < 4.78 is 0. The molecule has 0 aliphatic carbocycles. The van der Waals surface area contributed by atoms with Crippen LogP contribution in [0.4, 0.5) is 11.4 Å². The molecule has 0 saturated heterocycles. The molecule has 2 rings (SSSR count). The van der Waals surface area contributed by atoms with Gasteiger partial charge in [-0.25, -0.2) is 0 Å². The minimum absolute atomic E-state index is 0.0125. The average Bonchev–Trinajstić information content (AvgIpc) is 2.39. The number of para-hydroxylation sites is 1. The molecule has 2 aromatic rings. The van der Waals surface area contributed by atoms with Crippen LogP contribution in [0, 0.1) is 0 Å². The molecule has 0 spiro atoms. The van der Waals surface area contributed by atoms with Crippen molar-refractivity contribution in [3.63, 3.8) is 0 Å². The third kappa shape index (κ3) is 3.63. The number of hydrogen-bond donors (Lipinski definition) is 2. The molecular formula is C15H16N2O. The summed E-state index contributed by atoms with van der Waals surface area (Å²) >= 11 is 0. The van der Waals surface area contributed by atoms with Crippen LogP contribution >= 0.6 is 0 Å². The van der Waals surface area contributed by atoms with Crippen molar-refractivity contribution >= 4 is 17.3 Å². The fourth-order valence-corrected chi connectivity index (χ4v) is 1.62. The van der Waals surface area contributed by atoms with E-state index in [2.05, 4.69) is 10.6 Å². The van der Waals surface area contributed by atoms with Crippen molar-refractivity contribution in [2.75, 3.05) is 5.32 Å². The highest BCUT2D eigenvalue weighted by molar-refractivity contribution is 5.72. The second-order valence-corrected chi connectivity index (χ2v) is 4.10. The van der Waals surface area contributed by atoms with Gasteiger partial charge in [0, 0.05) is 24.8 Å². The van der Waals surface area contributed by atoms with Gasteiger partial charge in [0.15, 0.2) is 0 Å². The normalized spacial score (nSPS) is 9.83. The van der Waals surface area contributed by atoms with Crippen molar-refractivity contribution in [2.45, 2.75) is 13.5 Å². The van der Waals surface area contributed by atoms with Crippen molar-refractivity contribution in [3.05, 3.63) is 60.2 Å². The molecule has 3 heteroatoms. The Bertz CT molecular complexity index is 506. The van der Waals surface area contributed by atoms with Crippen LogP contribution < -0.4 is 10.6 Å². The summed E-state index contributed by atoms with van der Waals surface area (Å²) in [6.45, 7) is 2.09. The quantitative estimate of drug-likeness (QED) is 0.862. The van der Waals surface area contributed by atoms with Gasteiger partial charge in [-0.05, 0) is 29.8 Å². The van der Waals surface area contributed by atoms with Gasteiger partial charge in [-0.1, -0.05) is 30.3 Å². The maximum Gasteiger partial charge on any atom is 0.217 e. The lowest BCUT2D eigenvalue weighted by Crippen LogP contribution is -2.18. The molecule has 0 heterocycles. The molecule has 0 bridgehead atoms. The Hall–Kier alpha value is -2.29. The summed E-state index contributed by atoms with van der Waals surface area (Å²) in [5.41, 5.74) is 3.18. The van der Waals surface area contributed by atoms with Crippen molar-refractivity contribution in [2.24, 2.45) is 0 Å². The summed E-state index contributed by atoms with van der Waals surface area (Å²) in [6.07, 6.45) is 0. The minimum Gasteiger partial charge on any atom is -0.356 e. The molecule has 0 aromatic heterocycles. The number of rotatable bonds is 4. The second kappa shape index (κ2) is 5.87. The number of nitrogens with one attached hydrogen (secondary N) is 2. The first-order chi connectivity index (χ1) is 8.74. The molecule has 2 aromatic carbocycles. The first kappa shape index (κ1) is 12.2. The van der Waals surface area contributed by atoms with E-state index < -0.39 is 0 Å². The number of benzene rings is 2. The first-order valence-electron chi connectivity index (χ1n) is 5.89. The number of carbonyl (C=O) groups is 1. The van der Waals surface area contributed by atoms with E-state index in [0.717, 1.165) is 16.9 Å². The van der Waals surface area contributed by atoms with Crippen LogP contribution in [0.15, 0.2) is 54.6 Å².